The van der Waals surface area contributed by atoms with Crippen molar-refractivity contribution in [2.75, 3.05) is 26.2 Å². The van der Waals surface area contributed by atoms with E-state index >= 15 is 0 Å². The van der Waals surface area contributed by atoms with Gasteiger partial charge in [0.2, 0.25) is 0 Å². The number of fused-ring (bicyclic) bond motifs is 1. The summed E-state index contributed by atoms with van der Waals surface area (Å²) in [5.41, 5.74) is 3.65. The molecular formula is C22H22O4S2. The van der Waals surface area contributed by atoms with Crippen LogP contribution in [0.4, 0.5) is 0 Å². The molecule has 0 saturated carbocycles. The quantitative estimate of drug-likeness (QED) is 0.463. The maximum absolute atomic E-state index is 11.8. The number of aliphatic hydroxyl groups excluding tert-OH is 1. The summed E-state index contributed by atoms with van der Waals surface area (Å²) in [7, 11) is 1.32. The van der Waals surface area contributed by atoms with Crippen molar-refractivity contribution in [3.8, 4) is 17.6 Å². The summed E-state index contributed by atoms with van der Waals surface area (Å²) in [4.78, 5) is 11.8. The first kappa shape index (κ1) is 20.7. The molecule has 2 aromatic carbocycles. The van der Waals surface area contributed by atoms with E-state index in [1.54, 1.807) is 18.2 Å². The van der Waals surface area contributed by atoms with E-state index in [1.165, 1.54) is 12.7 Å². The van der Waals surface area contributed by atoms with E-state index in [0.717, 1.165) is 29.9 Å². The van der Waals surface area contributed by atoms with E-state index < -0.39 is 5.97 Å². The Balaban J connectivity index is 1.94. The van der Waals surface area contributed by atoms with E-state index in [2.05, 4.69) is 30.4 Å². The second-order valence-electron chi connectivity index (χ2n) is 6.24. The number of thioether (sulfide) groups is 2. The van der Waals surface area contributed by atoms with Gasteiger partial charge in [-0.15, -0.1) is 23.5 Å². The number of methoxy groups -OCH3 is 1. The lowest BCUT2D eigenvalue weighted by Crippen LogP contribution is -2.26. The molecule has 0 bridgehead atoms. The molecule has 0 saturated heterocycles. The molecule has 0 atom stereocenters. The smallest absolute Gasteiger partial charge is 0.338 e. The number of carbonyl (C=O) groups is 1. The highest BCUT2D eigenvalue weighted by Gasteiger charge is 2.36. The molecule has 4 nitrogen and oxygen atoms in total. The molecule has 0 aromatic heterocycles. The van der Waals surface area contributed by atoms with Gasteiger partial charge in [0, 0.05) is 23.1 Å². The van der Waals surface area contributed by atoms with E-state index in [9.17, 15) is 9.90 Å². The molecule has 0 amide bonds. The Labute approximate surface area is 174 Å². The number of aliphatic hydroxyl groups is 1. The maximum Gasteiger partial charge on any atom is 0.338 e. The lowest BCUT2D eigenvalue weighted by molar-refractivity contribution is 0.0597. The molecule has 1 aliphatic heterocycles. The molecule has 0 aliphatic carbocycles. The third kappa shape index (κ3) is 4.02. The Morgan fingerprint density at radius 1 is 1.18 bits per heavy atom. The van der Waals surface area contributed by atoms with Crippen LogP contribution in [0.3, 0.4) is 0 Å². The van der Waals surface area contributed by atoms with Crippen molar-refractivity contribution in [1.29, 1.82) is 0 Å². The number of hydrogen-bond acceptors (Lipinski definition) is 6. The van der Waals surface area contributed by atoms with Crippen molar-refractivity contribution in [3.05, 3.63) is 64.2 Å². The van der Waals surface area contributed by atoms with Crippen LogP contribution in [0, 0.1) is 11.8 Å². The second-order valence-corrected chi connectivity index (χ2v) is 8.71. The number of carbonyl (C=O) groups excluding carboxylic acids is 1. The van der Waals surface area contributed by atoms with Crippen molar-refractivity contribution in [1.82, 2.24) is 0 Å². The Bertz CT molecular complexity index is 939. The minimum Gasteiger partial charge on any atom is -0.493 e. The minimum absolute atomic E-state index is 0.0164. The van der Waals surface area contributed by atoms with Gasteiger partial charge in [0.15, 0.2) is 0 Å². The fourth-order valence-corrected chi connectivity index (χ4v) is 5.22. The SMILES string of the molecule is COC(=O)c1ccc(C#Cc2ccc3c(c2)C(SC)(SC)CCO3)cc1CO. The van der Waals surface area contributed by atoms with E-state index in [4.69, 9.17) is 9.47 Å². The van der Waals surface area contributed by atoms with Gasteiger partial charge in [0.05, 0.1) is 30.0 Å². The van der Waals surface area contributed by atoms with Crippen molar-refractivity contribution >= 4 is 29.5 Å². The number of esters is 1. The Kier molecular flexibility index (Phi) is 6.61. The van der Waals surface area contributed by atoms with Gasteiger partial charge < -0.3 is 14.6 Å². The molecule has 2 aromatic rings. The van der Waals surface area contributed by atoms with Crippen LogP contribution in [0.1, 0.15) is 39.0 Å². The largest absolute Gasteiger partial charge is 0.493 e. The van der Waals surface area contributed by atoms with Crippen LogP contribution in [0.25, 0.3) is 0 Å². The average molecular weight is 415 g/mol. The lowest BCUT2D eigenvalue weighted by atomic mass is 10.0. The first-order chi connectivity index (χ1) is 13.6. The highest BCUT2D eigenvalue weighted by Crippen LogP contribution is 2.52. The monoisotopic (exact) mass is 414 g/mol. The molecule has 0 unspecified atom stereocenters. The minimum atomic E-state index is -0.469. The van der Waals surface area contributed by atoms with Gasteiger partial charge in [-0.2, -0.15) is 0 Å². The van der Waals surface area contributed by atoms with Gasteiger partial charge in [0.1, 0.15) is 5.75 Å². The third-order valence-electron chi connectivity index (χ3n) is 4.77. The van der Waals surface area contributed by atoms with Crippen LogP contribution in [-0.2, 0) is 15.4 Å². The van der Waals surface area contributed by atoms with Crippen molar-refractivity contribution in [2.45, 2.75) is 17.1 Å². The van der Waals surface area contributed by atoms with Gasteiger partial charge in [-0.05, 0) is 54.5 Å². The molecule has 3 rings (SSSR count). The Hall–Kier alpha value is -2.07. The maximum atomic E-state index is 11.8. The van der Waals surface area contributed by atoms with Gasteiger partial charge >= 0.3 is 5.97 Å². The van der Waals surface area contributed by atoms with Crippen LogP contribution in [-0.4, -0.2) is 37.3 Å². The molecule has 1 N–H and O–H groups in total. The topological polar surface area (TPSA) is 55.8 Å². The van der Waals surface area contributed by atoms with Crippen molar-refractivity contribution in [2.24, 2.45) is 0 Å². The van der Waals surface area contributed by atoms with Crippen LogP contribution in [0.2, 0.25) is 0 Å². The predicted molar refractivity (Wildman–Crippen MR) is 115 cm³/mol. The predicted octanol–water partition coefficient (Wildman–Crippen LogP) is 4.03. The number of rotatable bonds is 4. The molecule has 28 heavy (non-hydrogen) atoms. The zero-order valence-corrected chi connectivity index (χ0v) is 17.7. The summed E-state index contributed by atoms with van der Waals surface area (Å²) in [5, 5.41) is 9.54. The third-order valence-corrected chi connectivity index (χ3v) is 7.94. The van der Waals surface area contributed by atoms with Crippen molar-refractivity contribution in [3.63, 3.8) is 0 Å². The van der Waals surface area contributed by atoms with Crippen LogP contribution >= 0.6 is 23.5 Å². The Morgan fingerprint density at radius 3 is 2.50 bits per heavy atom. The summed E-state index contributed by atoms with van der Waals surface area (Å²) < 4.78 is 10.6. The molecule has 0 fully saturated rings. The van der Waals surface area contributed by atoms with Gasteiger partial charge in [-0.3, -0.25) is 0 Å². The molecule has 6 heteroatoms. The van der Waals surface area contributed by atoms with Gasteiger partial charge in [-0.25, -0.2) is 4.79 Å². The summed E-state index contributed by atoms with van der Waals surface area (Å²) in [6.45, 7) is 0.469. The zero-order chi connectivity index (χ0) is 20.1. The number of hydrogen-bond donors (Lipinski definition) is 1. The van der Waals surface area contributed by atoms with Gasteiger partial charge in [0.25, 0.3) is 0 Å². The molecule has 146 valence electrons. The van der Waals surface area contributed by atoms with Gasteiger partial charge in [-0.1, -0.05) is 11.8 Å². The van der Waals surface area contributed by atoms with Crippen LogP contribution in [0.15, 0.2) is 36.4 Å². The number of benzene rings is 2. The number of ether oxygens (including phenoxy) is 2. The normalized spacial score (nSPS) is 14.3. The molecule has 1 aliphatic rings. The van der Waals surface area contributed by atoms with Crippen LogP contribution < -0.4 is 4.74 Å². The molecule has 0 radical (unpaired) electrons. The molecule has 0 spiro atoms. The molecular weight excluding hydrogens is 392 g/mol. The molecule has 1 heterocycles. The second kappa shape index (κ2) is 8.95. The fourth-order valence-electron chi connectivity index (χ4n) is 3.22. The van der Waals surface area contributed by atoms with Crippen LogP contribution in [0.5, 0.6) is 5.75 Å². The first-order valence-electron chi connectivity index (χ1n) is 8.78. The van der Waals surface area contributed by atoms with Crippen molar-refractivity contribution < 1.29 is 19.4 Å². The van der Waals surface area contributed by atoms with E-state index in [0.29, 0.717) is 11.1 Å². The highest BCUT2D eigenvalue weighted by atomic mass is 32.2. The fraction of sp³-hybridized carbons (Fsp3) is 0.318. The summed E-state index contributed by atoms with van der Waals surface area (Å²) in [6.07, 6.45) is 5.21. The zero-order valence-electron chi connectivity index (χ0n) is 16.1. The highest BCUT2D eigenvalue weighted by molar-refractivity contribution is 8.16. The standard InChI is InChI=1S/C22H22O4S2/c1-25-21(24)18-8-6-15(12-17(18)14-23)4-5-16-7-9-20-19(13-16)22(27-2,28-3)10-11-26-20/h6-9,12-13,23H,10-11,14H2,1-3H3. The van der Waals surface area contributed by atoms with E-state index in [1.807, 2.05) is 35.7 Å². The summed E-state index contributed by atoms with van der Waals surface area (Å²) in [5.74, 6) is 6.76. The lowest BCUT2D eigenvalue weighted by Gasteiger charge is -2.36. The average Bonchev–Trinajstić information content (AvgIpc) is 2.76. The summed E-state index contributed by atoms with van der Waals surface area (Å²) in [6, 6.07) is 11.2. The summed E-state index contributed by atoms with van der Waals surface area (Å²) >= 11 is 3.67. The van der Waals surface area contributed by atoms with E-state index in [-0.39, 0.29) is 10.7 Å². The first-order valence-corrected chi connectivity index (χ1v) is 11.2. The Morgan fingerprint density at radius 2 is 1.86 bits per heavy atom.